The van der Waals surface area contributed by atoms with Gasteiger partial charge in [0.25, 0.3) is 0 Å². The summed E-state index contributed by atoms with van der Waals surface area (Å²) < 4.78 is 3.90. The molecule has 1 spiro atoms. The molecule has 2 saturated carbocycles. The predicted octanol–water partition coefficient (Wildman–Crippen LogP) is 4.12. The Morgan fingerprint density at radius 3 is 2.72 bits per heavy atom. The van der Waals surface area contributed by atoms with E-state index in [0.29, 0.717) is 17.4 Å². The van der Waals surface area contributed by atoms with Crippen LogP contribution in [0.4, 0.5) is 11.6 Å². The van der Waals surface area contributed by atoms with Crippen molar-refractivity contribution < 1.29 is 0 Å². The van der Waals surface area contributed by atoms with Gasteiger partial charge < -0.3 is 5.32 Å². The van der Waals surface area contributed by atoms with Crippen LogP contribution in [-0.4, -0.2) is 34.3 Å². The van der Waals surface area contributed by atoms with Gasteiger partial charge in [0, 0.05) is 6.20 Å². The Kier molecular flexibility index (Phi) is 3.48. The van der Waals surface area contributed by atoms with Crippen molar-refractivity contribution in [2.45, 2.75) is 58.4 Å². The van der Waals surface area contributed by atoms with Crippen LogP contribution < -0.4 is 5.32 Å². The molecule has 0 radical (unpaired) electrons. The van der Waals surface area contributed by atoms with Crippen LogP contribution in [-0.2, 0) is 0 Å². The maximum absolute atomic E-state index is 4.86. The third-order valence-corrected chi connectivity index (χ3v) is 6.82. The largest absolute Gasteiger partial charge is 0.323 e. The maximum atomic E-state index is 4.86. The molecule has 8 heteroatoms. The van der Waals surface area contributed by atoms with Crippen LogP contribution in [0.1, 0.15) is 55.8 Å². The van der Waals surface area contributed by atoms with Crippen LogP contribution >= 0.6 is 0 Å². The smallest absolute Gasteiger partial charge is 0.229 e. The third kappa shape index (κ3) is 2.77. The van der Waals surface area contributed by atoms with E-state index in [1.807, 2.05) is 32.3 Å². The number of hydrogen-bond donors (Lipinski definition) is 1. The molecular formula is C21H24N8. The summed E-state index contributed by atoms with van der Waals surface area (Å²) in [5.74, 6) is 0.579. The number of pyridine rings is 1. The summed E-state index contributed by atoms with van der Waals surface area (Å²) in [5, 5.41) is 13.5. The monoisotopic (exact) mass is 388 g/mol. The summed E-state index contributed by atoms with van der Waals surface area (Å²) in [4.78, 5) is 13.6. The van der Waals surface area contributed by atoms with Gasteiger partial charge in [0.1, 0.15) is 6.33 Å². The minimum absolute atomic E-state index is 0.438. The van der Waals surface area contributed by atoms with E-state index in [1.165, 1.54) is 38.5 Å². The lowest BCUT2D eigenvalue weighted by atomic mass is 9.83. The van der Waals surface area contributed by atoms with Gasteiger partial charge in [-0.3, -0.25) is 0 Å². The molecule has 0 unspecified atom stereocenters. The lowest BCUT2D eigenvalue weighted by Gasteiger charge is -2.28. The normalized spacial score (nSPS) is 18.7. The fourth-order valence-corrected chi connectivity index (χ4v) is 4.73. The minimum atomic E-state index is 0.438. The molecule has 148 valence electrons. The molecule has 4 aromatic rings. The Morgan fingerprint density at radius 2 is 1.93 bits per heavy atom. The Labute approximate surface area is 168 Å². The quantitative estimate of drug-likeness (QED) is 0.568. The molecule has 4 aromatic heterocycles. The van der Waals surface area contributed by atoms with Gasteiger partial charge in [0.2, 0.25) is 5.95 Å². The summed E-state index contributed by atoms with van der Waals surface area (Å²) in [6.07, 6.45) is 13.3. The van der Waals surface area contributed by atoms with Crippen molar-refractivity contribution in [3.05, 3.63) is 36.0 Å². The molecule has 6 rings (SSSR count). The summed E-state index contributed by atoms with van der Waals surface area (Å²) >= 11 is 0. The number of anilines is 2. The van der Waals surface area contributed by atoms with Crippen molar-refractivity contribution in [1.29, 1.82) is 0 Å². The van der Waals surface area contributed by atoms with E-state index in [-0.39, 0.29) is 0 Å². The zero-order chi connectivity index (χ0) is 19.6. The molecule has 2 aliphatic rings. The number of nitrogens with zero attached hydrogens (tertiary/aromatic N) is 7. The first-order valence-corrected chi connectivity index (χ1v) is 10.4. The second-order valence-electron chi connectivity index (χ2n) is 8.75. The number of fused-ring (bicyclic) bond motifs is 2. The molecule has 0 bridgehead atoms. The zero-order valence-corrected chi connectivity index (χ0v) is 16.8. The Bertz CT molecular complexity index is 1220. The van der Waals surface area contributed by atoms with Gasteiger partial charge in [-0.15, -0.1) is 0 Å². The fourth-order valence-electron chi connectivity index (χ4n) is 4.73. The van der Waals surface area contributed by atoms with Gasteiger partial charge in [-0.1, -0.05) is 0 Å². The highest BCUT2D eigenvalue weighted by molar-refractivity contribution is 5.79. The SMILES string of the molecule is Cc1cc2ncnn2cc1Nc1ncc2c(C)nn(C3CCC4(CC3)CC4)c2n1. The molecule has 0 amide bonds. The highest BCUT2D eigenvalue weighted by Crippen LogP contribution is 2.57. The molecule has 0 saturated heterocycles. The van der Waals surface area contributed by atoms with Crippen LogP contribution in [0.5, 0.6) is 0 Å². The lowest BCUT2D eigenvalue weighted by molar-refractivity contribution is 0.248. The Morgan fingerprint density at radius 1 is 1.10 bits per heavy atom. The second kappa shape index (κ2) is 5.98. The summed E-state index contributed by atoms with van der Waals surface area (Å²) in [6, 6.07) is 2.44. The Hall–Kier alpha value is -3.03. The van der Waals surface area contributed by atoms with Gasteiger partial charge in [-0.25, -0.2) is 19.2 Å². The van der Waals surface area contributed by atoms with E-state index in [4.69, 9.17) is 10.1 Å². The van der Waals surface area contributed by atoms with E-state index in [1.54, 1.807) is 10.8 Å². The summed E-state index contributed by atoms with van der Waals surface area (Å²) in [7, 11) is 0. The van der Waals surface area contributed by atoms with Crippen molar-refractivity contribution >= 4 is 28.3 Å². The molecule has 8 nitrogen and oxygen atoms in total. The van der Waals surface area contributed by atoms with Crippen LogP contribution in [0, 0.1) is 19.3 Å². The van der Waals surface area contributed by atoms with Gasteiger partial charge in [0.05, 0.1) is 29.0 Å². The van der Waals surface area contributed by atoms with E-state index >= 15 is 0 Å². The van der Waals surface area contributed by atoms with Gasteiger partial charge in [0.15, 0.2) is 11.3 Å². The van der Waals surface area contributed by atoms with E-state index < -0.39 is 0 Å². The molecule has 1 N–H and O–H groups in total. The highest BCUT2D eigenvalue weighted by atomic mass is 15.3. The number of aryl methyl sites for hydroxylation is 2. The zero-order valence-electron chi connectivity index (χ0n) is 16.8. The van der Waals surface area contributed by atoms with Gasteiger partial charge in [-0.05, 0) is 69.4 Å². The predicted molar refractivity (Wildman–Crippen MR) is 110 cm³/mol. The number of aromatic nitrogens is 7. The van der Waals surface area contributed by atoms with Crippen LogP contribution in [0.3, 0.4) is 0 Å². The van der Waals surface area contributed by atoms with Crippen LogP contribution in [0.25, 0.3) is 16.7 Å². The molecule has 29 heavy (non-hydrogen) atoms. The third-order valence-electron chi connectivity index (χ3n) is 6.82. The molecule has 2 fully saturated rings. The van der Waals surface area contributed by atoms with Crippen molar-refractivity contribution in [2.75, 3.05) is 5.32 Å². The van der Waals surface area contributed by atoms with E-state index in [0.717, 1.165) is 33.6 Å². The van der Waals surface area contributed by atoms with Crippen LogP contribution in [0.2, 0.25) is 0 Å². The average molecular weight is 388 g/mol. The number of nitrogens with one attached hydrogen (secondary N) is 1. The topological polar surface area (TPSA) is 85.8 Å². The fraction of sp³-hybridized carbons (Fsp3) is 0.476. The minimum Gasteiger partial charge on any atom is -0.323 e. The second-order valence-corrected chi connectivity index (χ2v) is 8.75. The standard InChI is InChI=1S/C21H24N8/c1-13-9-18-23-12-24-28(18)11-17(13)25-20-22-10-16-14(2)27-29(19(16)26-20)15-3-5-21(6-4-15)7-8-21/h9-12,15H,3-8H2,1-2H3,(H,22,25,26). The van der Waals surface area contributed by atoms with E-state index in [2.05, 4.69) is 25.1 Å². The molecule has 0 aromatic carbocycles. The first-order valence-electron chi connectivity index (χ1n) is 10.4. The summed E-state index contributed by atoms with van der Waals surface area (Å²) in [5.41, 5.74) is 5.41. The molecule has 0 atom stereocenters. The first kappa shape index (κ1) is 16.9. The van der Waals surface area contributed by atoms with E-state index in [9.17, 15) is 0 Å². The van der Waals surface area contributed by atoms with Crippen LogP contribution in [0.15, 0.2) is 24.8 Å². The molecule has 4 heterocycles. The van der Waals surface area contributed by atoms with Crippen molar-refractivity contribution in [1.82, 2.24) is 34.3 Å². The Balaban J connectivity index is 1.35. The lowest BCUT2D eigenvalue weighted by Crippen LogP contribution is -2.20. The summed E-state index contributed by atoms with van der Waals surface area (Å²) in [6.45, 7) is 4.09. The highest BCUT2D eigenvalue weighted by Gasteiger charge is 2.45. The molecule has 2 aliphatic carbocycles. The molecular weight excluding hydrogens is 364 g/mol. The first-order chi connectivity index (χ1) is 14.1. The number of hydrogen-bond acceptors (Lipinski definition) is 6. The van der Waals surface area contributed by atoms with Crippen molar-refractivity contribution in [3.63, 3.8) is 0 Å². The van der Waals surface area contributed by atoms with Crippen molar-refractivity contribution in [2.24, 2.45) is 5.41 Å². The van der Waals surface area contributed by atoms with Crippen molar-refractivity contribution in [3.8, 4) is 0 Å². The van der Waals surface area contributed by atoms with Gasteiger partial charge >= 0.3 is 0 Å². The van der Waals surface area contributed by atoms with Gasteiger partial charge in [-0.2, -0.15) is 15.2 Å². The maximum Gasteiger partial charge on any atom is 0.229 e. The average Bonchev–Trinajstić information content (AvgIpc) is 3.17. The molecule has 0 aliphatic heterocycles. The number of rotatable bonds is 3.